The maximum Gasteiger partial charge on any atom is 0.417 e. The van der Waals surface area contributed by atoms with Gasteiger partial charge in [0.25, 0.3) is 0 Å². The van der Waals surface area contributed by atoms with Gasteiger partial charge in [0.15, 0.2) is 0 Å². The van der Waals surface area contributed by atoms with Crippen molar-refractivity contribution in [3.8, 4) is 17.5 Å². The van der Waals surface area contributed by atoms with E-state index in [1.54, 1.807) is 11.1 Å². The number of amides is 1. The molecule has 146 valence electrons. The summed E-state index contributed by atoms with van der Waals surface area (Å²) in [6.07, 6.45) is 1.56. The van der Waals surface area contributed by atoms with Crippen molar-refractivity contribution in [3.05, 3.63) is 18.3 Å². The van der Waals surface area contributed by atoms with Gasteiger partial charge in [0.1, 0.15) is 5.82 Å². The Morgan fingerprint density at radius 2 is 2.00 bits per heavy atom. The quantitative estimate of drug-likeness (QED) is 0.804. The molecule has 0 saturated carbocycles. The SMILES string of the molecule is COc1nc(-c2ccnc(N3CCN(C(=O)OCC(C)(C)C)CC3)c2)no1. The summed E-state index contributed by atoms with van der Waals surface area (Å²) in [7, 11) is 1.47. The van der Waals surface area contributed by atoms with Crippen LogP contribution in [-0.4, -0.2) is 66.0 Å². The van der Waals surface area contributed by atoms with Gasteiger partial charge in [-0.3, -0.25) is 4.52 Å². The zero-order valence-electron chi connectivity index (χ0n) is 16.1. The highest BCUT2D eigenvalue weighted by Gasteiger charge is 2.24. The van der Waals surface area contributed by atoms with Crippen molar-refractivity contribution >= 4 is 11.9 Å². The van der Waals surface area contributed by atoms with Gasteiger partial charge in [-0.1, -0.05) is 25.9 Å². The van der Waals surface area contributed by atoms with Gasteiger partial charge in [0, 0.05) is 37.9 Å². The van der Waals surface area contributed by atoms with E-state index < -0.39 is 0 Å². The first-order valence-electron chi connectivity index (χ1n) is 8.86. The number of carbonyl (C=O) groups is 1. The topological polar surface area (TPSA) is 93.8 Å². The summed E-state index contributed by atoms with van der Waals surface area (Å²) < 4.78 is 15.3. The molecular weight excluding hydrogens is 350 g/mol. The van der Waals surface area contributed by atoms with Crippen molar-refractivity contribution in [3.63, 3.8) is 0 Å². The Morgan fingerprint density at radius 1 is 1.26 bits per heavy atom. The molecule has 0 radical (unpaired) electrons. The molecule has 0 bridgehead atoms. The third-order valence-corrected chi connectivity index (χ3v) is 4.08. The maximum atomic E-state index is 12.2. The van der Waals surface area contributed by atoms with E-state index in [0.717, 1.165) is 11.4 Å². The Balaban J connectivity index is 1.59. The van der Waals surface area contributed by atoms with E-state index in [9.17, 15) is 4.79 Å². The number of carbonyl (C=O) groups excluding carboxylic acids is 1. The van der Waals surface area contributed by atoms with Crippen LogP contribution in [0.1, 0.15) is 20.8 Å². The summed E-state index contributed by atoms with van der Waals surface area (Å²) in [6.45, 7) is 9.05. The van der Waals surface area contributed by atoms with Crippen LogP contribution >= 0.6 is 0 Å². The van der Waals surface area contributed by atoms with Crippen molar-refractivity contribution in [1.29, 1.82) is 0 Å². The van der Waals surface area contributed by atoms with Gasteiger partial charge in [-0.25, -0.2) is 9.78 Å². The van der Waals surface area contributed by atoms with E-state index in [0.29, 0.717) is 38.6 Å². The van der Waals surface area contributed by atoms with Crippen LogP contribution in [0.3, 0.4) is 0 Å². The molecule has 0 spiro atoms. The van der Waals surface area contributed by atoms with Gasteiger partial charge >= 0.3 is 12.2 Å². The number of aromatic nitrogens is 3. The van der Waals surface area contributed by atoms with Gasteiger partial charge < -0.3 is 19.3 Å². The van der Waals surface area contributed by atoms with Gasteiger partial charge in [0.05, 0.1) is 13.7 Å². The molecule has 0 aromatic carbocycles. The summed E-state index contributed by atoms with van der Waals surface area (Å²) in [5, 5.41) is 3.89. The van der Waals surface area contributed by atoms with E-state index in [4.69, 9.17) is 14.0 Å². The molecule has 2 aromatic heterocycles. The minimum atomic E-state index is -0.259. The van der Waals surface area contributed by atoms with Gasteiger partial charge in [-0.15, -0.1) is 0 Å². The number of rotatable bonds is 4. The van der Waals surface area contributed by atoms with Crippen LogP contribution in [0.2, 0.25) is 0 Å². The predicted octanol–water partition coefficient (Wildman–Crippen LogP) is 2.44. The fraction of sp³-hybridized carbons (Fsp3) is 0.556. The van der Waals surface area contributed by atoms with Crippen LogP contribution < -0.4 is 9.64 Å². The minimum absolute atomic E-state index is 0.0420. The fourth-order valence-electron chi connectivity index (χ4n) is 2.63. The summed E-state index contributed by atoms with van der Waals surface area (Å²) >= 11 is 0. The van der Waals surface area contributed by atoms with Crippen molar-refractivity contribution < 1.29 is 18.8 Å². The first-order valence-corrected chi connectivity index (χ1v) is 8.86. The molecule has 0 atom stereocenters. The molecule has 1 aliphatic heterocycles. The number of anilines is 1. The van der Waals surface area contributed by atoms with Gasteiger partial charge in [-0.2, -0.15) is 4.98 Å². The zero-order valence-corrected chi connectivity index (χ0v) is 16.1. The van der Waals surface area contributed by atoms with E-state index >= 15 is 0 Å². The number of nitrogens with zero attached hydrogens (tertiary/aromatic N) is 5. The van der Waals surface area contributed by atoms with Crippen molar-refractivity contribution in [2.75, 3.05) is 44.8 Å². The first-order chi connectivity index (χ1) is 12.9. The number of hydrogen-bond acceptors (Lipinski definition) is 8. The van der Waals surface area contributed by atoms with E-state index in [2.05, 4.69) is 20.0 Å². The summed E-state index contributed by atoms with van der Waals surface area (Å²) in [6, 6.07) is 3.71. The second-order valence-corrected chi connectivity index (χ2v) is 7.58. The highest BCUT2D eigenvalue weighted by molar-refractivity contribution is 5.68. The van der Waals surface area contributed by atoms with Crippen molar-refractivity contribution in [2.24, 2.45) is 5.41 Å². The van der Waals surface area contributed by atoms with E-state index in [1.165, 1.54) is 7.11 Å². The second-order valence-electron chi connectivity index (χ2n) is 7.58. The third-order valence-electron chi connectivity index (χ3n) is 4.08. The summed E-state index contributed by atoms with van der Waals surface area (Å²) in [5.74, 6) is 1.25. The average molecular weight is 375 g/mol. The molecule has 27 heavy (non-hydrogen) atoms. The molecule has 1 aliphatic rings. The fourth-order valence-corrected chi connectivity index (χ4v) is 2.63. The number of ether oxygens (including phenoxy) is 2. The lowest BCUT2D eigenvalue weighted by molar-refractivity contribution is 0.0707. The summed E-state index contributed by atoms with van der Waals surface area (Å²) in [5.41, 5.74) is 0.749. The molecule has 9 heteroatoms. The van der Waals surface area contributed by atoms with Crippen molar-refractivity contribution in [2.45, 2.75) is 20.8 Å². The molecule has 9 nitrogen and oxygen atoms in total. The van der Waals surface area contributed by atoms with Crippen LogP contribution in [0, 0.1) is 5.41 Å². The normalized spacial score (nSPS) is 15.0. The van der Waals surface area contributed by atoms with Crippen LogP contribution in [0.4, 0.5) is 10.6 Å². The molecule has 1 amide bonds. The predicted molar refractivity (Wildman–Crippen MR) is 98.7 cm³/mol. The lowest BCUT2D eigenvalue weighted by atomic mass is 9.99. The Bertz CT molecular complexity index is 778. The Labute approximate surface area is 158 Å². The highest BCUT2D eigenvalue weighted by Crippen LogP contribution is 2.23. The number of piperazine rings is 1. The number of hydrogen-bond donors (Lipinski definition) is 0. The molecule has 0 N–H and O–H groups in total. The molecule has 1 fully saturated rings. The minimum Gasteiger partial charge on any atom is -0.452 e. The zero-order chi connectivity index (χ0) is 19.4. The lowest BCUT2D eigenvalue weighted by Gasteiger charge is -2.35. The van der Waals surface area contributed by atoms with Crippen LogP contribution in [0.5, 0.6) is 6.08 Å². The molecule has 0 unspecified atom stereocenters. The van der Waals surface area contributed by atoms with Crippen LogP contribution in [0.15, 0.2) is 22.9 Å². The third kappa shape index (κ3) is 4.87. The Morgan fingerprint density at radius 3 is 2.63 bits per heavy atom. The summed E-state index contributed by atoms with van der Waals surface area (Å²) in [4.78, 5) is 24.6. The monoisotopic (exact) mass is 375 g/mol. The highest BCUT2D eigenvalue weighted by atomic mass is 16.6. The number of methoxy groups -OCH3 is 1. The van der Waals surface area contributed by atoms with E-state index in [1.807, 2.05) is 32.9 Å². The largest absolute Gasteiger partial charge is 0.452 e. The number of pyridine rings is 1. The maximum absolute atomic E-state index is 12.2. The lowest BCUT2D eigenvalue weighted by Crippen LogP contribution is -2.49. The molecule has 3 rings (SSSR count). The van der Waals surface area contributed by atoms with E-state index in [-0.39, 0.29) is 17.6 Å². The molecule has 0 aliphatic carbocycles. The molecule has 1 saturated heterocycles. The first kappa shape index (κ1) is 18.9. The van der Waals surface area contributed by atoms with Gasteiger partial charge in [-0.05, 0) is 17.5 Å². The molecule has 3 heterocycles. The van der Waals surface area contributed by atoms with Crippen LogP contribution in [-0.2, 0) is 4.74 Å². The second kappa shape index (κ2) is 7.81. The van der Waals surface area contributed by atoms with Gasteiger partial charge in [0.2, 0.25) is 5.82 Å². The Hall–Kier alpha value is -2.84. The average Bonchev–Trinajstić information content (AvgIpc) is 3.15. The Kier molecular flexibility index (Phi) is 5.48. The van der Waals surface area contributed by atoms with Crippen LogP contribution in [0.25, 0.3) is 11.4 Å². The standard InChI is InChI=1S/C18H25N5O4/c1-18(2,3)12-26-17(24)23-9-7-22(8-10-23)14-11-13(5-6-19-14)15-20-16(25-4)27-21-15/h5-6,11H,7-10,12H2,1-4H3. The van der Waals surface area contributed by atoms with Crippen molar-refractivity contribution in [1.82, 2.24) is 20.0 Å². The molecule has 2 aromatic rings. The smallest absolute Gasteiger partial charge is 0.417 e. The molecular formula is C18H25N5O4.